The number of thioether (sulfide) groups is 1. The zero-order chi connectivity index (χ0) is 5.54. The SMILES string of the molecule is N#CS/C=C\C=O. The van der Waals surface area contributed by atoms with Crippen LogP contribution in [-0.4, -0.2) is 6.29 Å². The molecule has 0 rings (SSSR count). The van der Waals surface area contributed by atoms with Gasteiger partial charge in [-0.05, 0) is 23.2 Å². The predicted molar refractivity (Wildman–Crippen MR) is 28.4 cm³/mol. The van der Waals surface area contributed by atoms with Crippen molar-refractivity contribution in [3.05, 3.63) is 11.5 Å². The van der Waals surface area contributed by atoms with Crippen LogP contribution in [0.1, 0.15) is 0 Å². The molecule has 0 bridgehead atoms. The van der Waals surface area contributed by atoms with Gasteiger partial charge in [-0.3, -0.25) is 4.79 Å². The van der Waals surface area contributed by atoms with Crippen LogP contribution >= 0.6 is 11.8 Å². The summed E-state index contributed by atoms with van der Waals surface area (Å²) in [6.07, 6.45) is 1.90. The summed E-state index contributed by atoms with van der Waals surface area (Å²) >= 11 is 0.926. The molecule has 3 heteroatoms. The molecule has 0 atom stereocenters. The average Bonchev–Trinajstić information content (AvgIpc) is 1.69. The van der Waals surface area contributed by atoms with Crippen molar-refractivity contribution in [3.63, 3.8) is 0 Å². The molecule has 0 spiro atoms. The highest BCUT2D eigenvalue weighted by Gasteiger charge is 1.66. The number of allylic oxidation sites excluding steroid dienone is 1. The summed E-state index contributed by atoms with van der Waals surface area (Å²) in [7, 11) is 0. The normalized spacial score (nSPS) is 8.43. The number of rotatable bonds is 2. The molecule has 0 fully saturated rings. The van der Waals surface area contributed by atoms with E-state index in [9.17, 15) is 4.79 Å². The Hall–Kier alpha value is -0.750. The van der Waals surface area contributed by atoms with Crippen LogP contribution in [0.25, 0.3) is 0 Å². The number of carbonyl (C=O) groups is 1. The lowest BCUT2D eigenvalue weighted by molar-refractivity contribution is -0.104. The quantitative estimate of drug-likeness (QED) is 0.303. The molecule has 36 valence electrons. The van der Waals surface area contributed by atoms with E-state index in [0.717, 1.165) is 11.8 Å². The highest BCUT2D eigenvalue weighted by atomic mass is 32.2. The van der Waals surface area contributed by atoms with Gasteiger partial charge in [0, 0.05) is 0 Å². The second-order valence-electron chi connectivity index (χ2n) is 0.674. The molecule has 0 radical (unpaired) electrons. The molecule has 0 aliphatic heterocycles. The third-order valence-electron chi connectivity index (χ3n) is 0.278. The van der Waals surface area contributed by atoms with Gasteiger partial charge >= 0.3 is 0 Å². The number of carbonyl (C=O) groups excluding carboxylic acids is 1. The van der Waals surface area contributed by atoms with Gasteiger partial charge in [0.05, 0.1) is 0 Å². The largest absolute Gasteiger partial charge is 0.299 e. The molecule has 0 aromatic heterocycles. The Balaban J connectivity index is 3.13. The van der Waals surface area contributed by atoms with E-state index in [1.807, 2.05) is 0 Å². The van der Waals surface area contributed by atoms with Gasteiger partial charge in [0.25, 0.3) is 0 Å². The van der Waals surface area contributed by atoms with Crippen molar-refractivity contribution in [3.8, 4) is 5.40 Å². The van der Waals surface area contributed by atoms with E-state index in [1.165, 1.54) is 11.5 Å². The van der Waals surface area contributed by atoms with E-state index in [2.05, 4.69) is 0 Å². The Kier molecular flexibility index (Phi) is 4.69. The van der Waals surface area contributed by atoms with Crippen LogP contribution in [0.5, 0.6) is 0 Å². The summed E-state index contributed by atoms with van der Waals surface area (Å²) < 4.78 is 0. The van der Waals surface area contributed by atoms with Gasteiger partial charge in [0.2, 0.25) is 0 Å². The fraction of sp³-hybridized carbons (Fsp3) is 0. The minimum absolute atomic E-state index is 0.629. The Morgan fingerprint density at radius 1 is 1.71 bits per heavy atom. The first-order valence-corrected chi connectivity index (χ1v) is 2.45. The summed E-state index contributed by atoms with van der Waals surface area (Å²) in [4.78, 5) is 9.47. The molecule has 7 heavy (non-hydrogen) atoms. The Morgan fingerprint density at radius 3 is 2.86 bits per heavy atom. The van der Waals surface area contributed by atoms with Crippen molar-refractivity contribution >= 4 is 18.0 Å². The van der Waals surface area contributed by atoms with E-state index in [-0.39, 0.29) is 0 Å². The molecular formula is C4H3NOS. The molecule has 0 amide bonds. The van der Waals surface area contributed by atoms with Crippen LogP contribution in [0.4, 0.5) is 0 Å². The van der Waals surface area contributed by atoms with Crippen molar-refractivity contribution in [2.45, 2.75) is 0 Å². The van der Waals surface area contributed by atoms with Crippen molar-refractivity contribution in [1.29, 1.82) is 5.26 Å². The first-order valence-electron chi connectivity index (χ1n) is 1.57. The molecule has 2 nitrogen and oxygen atoms in total. The number of thiocyanates is 1. The van der Waals surface area contributed by atoms with Gasteiger partial charge in [-0.2, -0.15) is 5.26 Å². The van der Waals surface area contributed by atoms with E-state index in [1.54, 1.807) is 5.40 Å². The first kappa shape index (κ1) is 6.25. The molecule has 0 saturated heterocycles. The van der Waals surface area contributed by atoms with Crippen LogP contribution in [-0.2, 0) is 4.79 Å². The summed E-state index contributed by atoms with van der Waals surface area (Å²) in [6.45, 7) is 0. The number of nitriles is 1. The lowest BCUT2D eigenvalue weighted by atomic mass is 10.7. The fourth-order valence-electron chi connectivity index (χ4n) is 0.102. The Morgan fingerprint density at radius 2 is 2.43 bits per heavy atom. The van der Waals surface area contributed by atoms with Gasteiger partial charge < -0.3 is 0 Å². The van der Waals surface area contributed by atoms with E-state index < -0.39 is 0 Å². The lowest BCUT2D eigenvalue weighted by Gasteiger charge is -1.62. The Labute approximate surface area is 45.8 Å². The number of aldehydes is 1. The van der Waals surface area contributed by atoms with Crippen molar-refractivity contribution in [1.82, 2.24) is 0 Å². The summed E-state index contributed by atoms with van der Waals surface area (Å²) in [5.74, 6) is 0. The maximum atomic E-state index is 9.47. The van der Waals surface area contributed by atoms with Crippen LogP contribution in [0.15, 0.2) is 11.5 Å². The molecule has 0 aliphatic rings. The first-order chi connectivity index (χ1) is 3.41. The summed E-state index contributed by atoms with van der Waals surface area (Å²) in [5, 5.41) is 11.0. The summed E-state index contributed by atoms with van der Waals surface area (Å²) in [6, 6.07) is 0. The molecule has 0 N–H and O–H groups in total. The fourth-order valence-corrected chi connectivity index (χ4v) is 0.305. The number of nitrogens with zero attached hydrogens (tertiary/aromatic N) is 1. The van der Waals surface area contributed by atoms with Crippen LogP contribution in [0.2, 0.25) is 0 Å². The lowest BCUT2D eigenvalue weighted by Crippen LogP contribution is -1.52. The maximum absolute atomic E-state index is 9.47. The molecule has 0 saturated carbocycles. The van der Waals surface area contributed by atoms with Crippen LogP contribution in [0.3, 0.4) is 0 Å². The highest BCUT2D eigenvalue weighted by Crippen LogP contribution is 1.94. The molecular weight excluding hydrogens is 110 g/mol. The van der Waals surface area contributed by atoms with Gasteiger partial charge in [-0.25, -0.2) is 0 Å². The molecule has 0 aliphatic carbocycles. The van der Waals surface area contributed by atoms with Crippen molar-refractivity contribution < 1.29 is 4.79 Å². The molecule has 0 heterocycles. The third kappa shape index (κ3) is 5.25. The average molecular weight is 113 g/mol. The van der Waals surface area contributed by atoms with Gasteiger partial charge in [-0.15, -0.1) is 0 Å². The minimum Gasteiger partial charge on any atom is -0.299 e. The van der Waals surface area contributed by atoms with Gasteiger partial charge in [0.1, 0.15) is 11.7 Å². The highest BCUT2D eigenvalue weighted by molar-refractivity contribution is 8.06. The third-order valence-corrected chi connectivity index (χ3v) is 0.677. The van der Waals surface area contributed by atoms with E-state index in [0.29, 0.717) is 6.29 Å². The molecule has 0 unspecified atom stereocenters. The molecule has 0 aromatic carbocycles. The molecule has 0 aromatic rings. The van der Waals surface area contributed by atoms with E-state index in [4.69, 9.17) is 5.26 Å². The van der Waals surface area contributed by atoms with Crippen LogP contribution < -0.4 is 0 Å². The van der Waals surface area contributed by atoms with Gasteiger partial charge in [-0.1, -0.05) is 0 Å². The van der Waals surface area contributed by atoms with Crippen molar-refractivity contribution in [2.75, 3.05) is 0 Å². The maximum Gasteiger partial charge on any atom is 0.143 e. The minimum atomic E-state index is 0.629. The predicted octanol–water partition coefficient (Wildman–Crippen LogP) is 0.913. The number of hydrogen-bond acceptors (Lipinski definition) is 3. The Bertz CT molecular complexity index is 113. The standard InChI is InChI=1S/C4H3NOS/c5-4-7-3-1-2-6/h1-3H/b3-1-. The smallest absolute Gasteiger partial charge is 0.143 e. The zero-order valence-electron chi connectivity index (χ0n) is 3.50. The van der Waals surface area contributed by atoms with Crippen molar-refractivity contribution in [2.24, 2.45) is 0 Å². The van der Waals surface area contributed by atoms with E-state index >= 15 is 0 Å². The van der Waals surface area contributed by atoms with Gasteiger partial charge in [0.15, 0.2) is 0 Å². The number of hydrogen-bond donors (Lipinski definition) is 0. The second kappa shape index (κ2) is 5.25. The zero-order valence-corrected chi connectivity index (χ0v) is 4.31. The van der Waals surface area contributed by atoms with Crippen LogP contribution in [0, 0.1) is 10.7 Å². The monoisotopic (exact) mass is 113 g/mol. The topological polar surface area (TPSA) is 40.9 Å². The second-order valence-corrected chi connectivity index (χ2v) is 1.36. The summed E-state index contributed by atoms with van der Waals surface area (Å²) in [5.41, 5.74) is 0.